The van der Waals surface area contributed by atoms with E-state index >= 15 is 0 Å². The molecule has 0 saturated heterocycles. The number of carboxylic acids is 2. The highest BCUT2D eigenvalue weighted by atomic mass is 32.2. The SMILES string of the molecule is O=C(O)C(C(=O)O)C(Nc1ccc(S(=O)(=O)Nc2ccccn2)cc1)C1CCCCC1. The quantitative estimate of drug-likeness (QED) is 0.429. The zero-order valence-electron chi connectivity index (χ0n) is 16.8. The number of nitrogens with zero attached hydrogens (tertiary/aromatic N) is 1. The third-order valence-corrected chi connectivity index (χ3v) is 6.82. The van der Waals surface area contributed by atoms with Crippen LogP contribution in [0.25, 0.3) is 0 Å². The summed E-state index contributed by atoms with van der Waals surface area (Å²) in [6.45, 7) is 0. The van der Waals surface area contributed by atoms with Crippen molar-refractivity contribution in [1.82, 2.24) is 4.98 Å². The topological polar surface area (TPSA) is 146 Å². The second kappa shape index (κ2) is 9.78. The number of hydrogen-bond acceptors (Lipinski definition) is 6. The van der Waals surface area contributed by atoms with Crippen molar-refractivity contribution in [2.24, 2.45) is 11.8 Å². The van der Waals surface area contributed by atoms with Crippen LogP contribution >= 0.6 is 0 Å². The molecule has 9 nitrogen and oxygen atoms in total. The number of hydrogen-bond donors (Lipinski definition) is 4. The van der Waals surface area contributed by atoms with Gasteiger partial charge in [0.1, 0.15) is 5.82 Å². The van der Waals surface area contributed by atoms with Gasteiger partial charge in [0, 0.05) is 11.9 Å². The van der Waals surface area contributed by atoms with Crippen molar-refractivity contribution in [1.29, 1.82) is 0 Å². The molecule has 1 aromatic heterocycles. The molecule has 1 aliphatic rings. The summed E-state index contributed by atoms with van der Waals surface area (Å²) in [5, 5.41) is 22.0. The van der Waals surface area contributed by atoms with Crippen LogP contribution in [0.1, 0.15) is 32.1 Å². The first-order valence-electron chi connectivity index (χ1n) is 10.0. The van der Waals surface area contributed by atoms with E-state index in [0.717, 1.165) is 32.1 Å². The average Bonchev–Trinajstić information content (AvgIpc) is 2.74. The molecule has 1 fully saturated rings. The molecule has 4 N–H and O–H groups in total. The molecule has 1 aromatic carbocycles. The molecule has 0 amide bonds. The van der Waals surface area contributed by atoms with E-state index < -0.39 is 33.9 Å². The highest BCUT2D eigenvalue weighted by Gasteiger charge is 2.40. The lowest BCUT2D eigenvalue weighted by molar-refractivity contribution is -0.156. The van der Waals surface area contributed by atoms with Gasteiger partial charge in [-0.2, -0.15) is 0 Å². The second-order valence-electron chi connectivity index (χ2n) is 7.57. The van der Waals surface area contributed by atoms with Gasteiger partial charge in [0.25, 0.3) is 10.0 Å². The molecule has 2 aromatic rings. The maximum atomic E-state index is 12.5. The van der Waals surface area contributed by atoms with Crippen LogP contribution in [-0.2, 0) is 19.6 Å². The van der Waals surface area contributed by atoms with Crippen LogP contribution in [0.3, 0.4) is 0 Å². The summed E-state index contributed by atoms with van der Waals surface area (Å²) < 4.78 is 27.5. The third-order valence-electron chi connectivity index (χ3n) is 5.45. The smallest absolute Gasteiger partial charge is 0.320 e. The van der Waals surface area contributed by atoms with Gasteiger partial charge in [-0.25, -0.2) is 13.4 Å². The van der Waals surface area contributed by atoms with Crippen LogP contribution in [0.5, 0.6) is 0 Å². The lowest BCUT2D eigenvalue weighted by Crippen LogP contribution is -2.45. The molecule has 0 bridgehead atoms. The minimum absolute atomic E-state index is 0.00550. The van der Waals surface area contributed by atoms with Crippen LogP contribution in [0.2, 0.25) is 0 Å². The van der Waals surface area contributed by atoms with Crippen molar-refractivity contribution in [2.75, 3.05) is 10.0 Å². The van der Waals surface area contributed by atoms with Gasteiger partial charge in [-0.15, -0.1) is 0 Å². The summed E-state index contributed by atoms with van der Waals surface area (Å²) in [7, 11) is -3.85. The van der Waals surface area contributed by atoms with Gasteiger partial charge < -0.3 is 15.5 Å². The van der Waals surface area contributed by atoms with E-state index in [1.807, 2.05) is 0 Å². The van der Waals surface area contributed by atoms with E-state index in [0.29, 0.717) is 5.69 Å². The van der Waals surface area contributed by atoms with E-state index in [-0.39, 0.29) is 16.6 Å². The fourth-order valence-corrected chi connectivity index (χ4v) is 4.93. The van der Waals surface area contributed by atoms with Crippen molar-refractivity contribution in [3.63, 3.8) is 0 Å². The fraction of sp³-hybridized carbons (Fsp3) is 0.381. The van der Waals surface area contributed by atoms with E-state index in [9.17, 15) is 28.2 Å². The van der Waals surface area contributed by atoms with E-state index in [4.69, 9.17) is 0 Å². The minimum Gasteiger partial charge on any atom is -0.481 e. The van der Waals surface area contributed by atoms with Crippen LogP contribution in [-0.4, -0.2) is 41.6 Å². The Hall–Kier alpha value is -3.14. The second-order valence-corrected chi connectivity index (χ2v) is 9.25. The van der Waals surface area contributed by atoms with Crippen molar-refractivity contribution < 1.29 is 28.2 Å². The zero-order chi connectivity index (χ0) is 22.4. The first-order valence-corrected chi connectivity index (χ1v) is 11.5. The highest BCUT2D eigenvalue weighted by molar-refractivity contribution is 7.92. The van der Waals surface area contributed by atoms with Gasteiger partial charge in [0.05, 0.1) is 10.9 Å². The molecule has 1 aliphatic carbocycles. The van der Waals surface area contributed by atoms with E-state index in [1.54, 1.807) is 12.1 Å². The van der Waals surface area contributed by atoms with E-state index in [2.05, 4.69) is 15.0 Å². The fourth-order valence-electron chi connectivity index (χ4n) is 3.92. The van der Waals surface area contributed by atoms with Gasteiger partial charge in [-0.05, 0) is 55.2 Å². The lowest BCUT2D eigenvalue weighted by atomic mass is 9.78. The monoisotopic (exact) mass is 447 g/mol. The Bertz CT molecular complexity index is 991. The van der Waals surface area contributed by atoms with Crippen molar-refractivity contribution >= 4 is 33.5 Å². The Morgan fingerprint density at radius 1 is 0.968 bits per heavy atom. The van der Waals surface area contributed by atoms with Crippen LogP contribution in [0, 0.1) is 11.8 Å². The number of carboxylic acid groups (broad SMARTS) is 2. The first kappa shape index (κ1) is 22.5. The molecule has 0 aliphatic heterocycles. The third kappa shape index (κ3) is 5.72. The summed E-state index contributed by atoms with van der Waals surface area (Å²) in [6.07, 6.45) is 5.85. The summed E-state index contributed by atoms with van der Waals surface area (Å²) in [6, 6.07) is 9.81. The Morgan fingerprint density at radius 2 is 1.61 bits per heavy atom. The zero-order valence-corrected chi connectivity index (χ0v) is 17.6. The molecule has 0 radical (unpaired) electrons. The molecule has 1 atom stereocenters. The Balaban J connectivity index is 1.80. The highest BCUT2D eigenvalue weighted by Crippen LogP contribution is 2.32. The predicted molar refractivity (Wildman–Crippen MR) is 114 cm³/mol. The number of aliphatic carboxylic acids is 2. The number of pyridine rings is 1. The molecule has 0 spiro atoms. The van der Waals surface area contributed by atoms with Gasteiger partial charge in [-0.1, -0.05) is 25.3 Å². The largest absolute Gasteiger partial charge is 0.481 e. The Kier molecular flexibility index (Phi) is 7.11. The molecule has 10 heteroatoms. The summed E-state index contributed by atoms with van der Waals surface area (Å²) in [4.78, 5) is 27.3. The summed E-state index contributed by atoms with van der Waals surface area (Å²) in [5.74, 6) is -4.30. The van der Waals surface area contributed by atoms with Gasteiger partial charge in [-0.3, -0.25) is 14.3 Å². The predicted octanol–water partition coefficient (Wildman–Crippen LogP) is 3.03. The average molecular weight is 448 g/mol. The number of nitrogens with one attached hydrogen (secondary N) is 2. The molecular weight excluding hydrogens is 422 g/mol. The molecule has 31 heavy (non-hydrogen) atoms. The number of benzene rings is 1. The molecule has 1 heterocycles. The number of aromatic nitrogens is 1. The number of anilines is 2. The summed E-state index contributed by atoms with van der Waals surface area (Å²) in [5.41, 5.74) is 0.458. The molecule has 1 unspecified atom stereocenters. The molecular formula is C21H25N3O6S. The number of carbonyl (C=O) groups is 2. The van der Waals surface area contributed by atoms with Crippen LogP contribution in [0.15, 0.2) is 53.6 Å². The van der Waals surface area contributed by atoms with Crippen molar-refractivity contribution in [2.45, 2.75) is 43.0 Å². The van der Waals surface area contributed by atoms with Gasteiger partial charge in [0.15, 0.2) is 5.92 Å². The molecule has 166 valence electrons. The molecule has 3 rings (SSSR count). The van der Waals surface area contributed by atoms with Gasteiger partial charge >= 0.3 is 11.9 Å². The summed E-state index contributed by atoms with van der Waals surface area (Å²) >= 11 is 0. The maximum Gasteiger partial charge on any atom is 0.320 e. The maximum absolute atomic E-state index is 12.5. The van der Waals surface area contributed by atoms with E-state index in [1.165, 1.54) is 36.5 Å². The van der Waals surface area contributed by atoms with Crippen molar-refractivity contribution in [3.05, 3.63) is 48.7 Å². The Labute approximate surface area is 180 Å². The first-order chi connectivity index (χ1) is 14.8. The Morgan fingerprint density at radius 3 is 2.16 bits per heavy atom. The lowest BCUT2D eigenvalue weighted by Gasteiger charge is -2.33. The standard InChI is InChI=1S/C21H25N3O6S/c25-20(26)18(21(27)28)19(14-6-2-1-3-7-14)23-15-9-11-16(12-10-15)31(29,30)24-17-8-4-5-13-22-17/h4-5,8-14,18-19,23H,1-3,6-7H2,(H,22,24)(H,25,26)(H,27,28). The number of sulfonamides is 1. The van der Waals surface area contributed by atoms with Crippen molar-refractivity contribution in [3.8, 4) is 0 Å². The number of rotatable bonds is 9. The van der Waals surface area contributed by atoms with Crippen LogP contribution < -0.4 is 10.0 Å². The molecule has 1 saturated carbocycles. The van der Waals surface area contributed by atoms with Gasteiger partial charge in [0.2, 0.25) is 0 Å². The normalized spacial score (nSPS) is 15.9. The minimum atomic E-state index is -3.85. The van der Waals surface area contributed by atoms with Crippen LogP contribution in [0.4, 0.5) is 11.5 Å².